The number of ether oxygens (including phenoxy) is 1. The molecule has 28 heavy (non-hydrogen) atoms. The monoisotopic (exact) mass is 378 g/mol. The summed E-state index contributed by atoms with van der Waals surface area (Å²) in [5.74, 6) is 0.191. The van der Waals surface area contributed by atoms with E-state index in [1.807, 2.05) is 31.7 Å². The summed E-state index contributed by atoms with van der Waals surface area (Å²) in [5.41, 5.74) is 3.00. The molecule has 6 nitrogen and oxygen atoms in total. The highest BCUT2D eigenvalue weighted by atomic mass is 16.5. The van der Waals surface area contributed by atoms with E-state index in [4.69, 9.17) is 4.74 Å². The highest BCUT2D eigenvalue weighted by molar-refractivity contribution is 5.88. The Kier molecular flexibility index (Phi) is 5.24. The van der Waals surface area contributed by atoms with Crippen LogP contribution in [-0.4, -0.2) is 57.3 Å². The SMILES string of the molecule is C[C@@H]1CN(CC(=O)Cc2cc3cc(-c4cnn(C)c4)ccc3cn2)C[C@H](C)O1. The lowest BCUT2D eigenvalue weighted by molar-refractivity contribution is -0.123. The molecule has 0 N–H and O–H groups in total. The summed E-state index contributed by atoms with van der Waals surface area (Å²) in [4.78, 5) is 19.3. The Morgan fingerprint density at radius 2 is 1.89 bits per heavy atom. The number of morpholine rings is 1. The summed E-state index contributed by atoms with van der Waals surface area (Å²) in [7, 11) is 1.91. The molecule has 0 radical (unpaired) electrons. The second-order valence-electron chi connectivity index (χ2n) is 7.81. The number of benzene rings is 1. The molecule has 1 saturated heterocycles. The maximum Gasteiger partial charge on any atom is 0.152 e. The van der Waals surface area contributed by atoms with Gasteiger partial charge in [-0.1, -0.05) is 12.1 Å². The van der Waals surface area contributed by atoms with Crippen molar-refractivity contribution in [3.8, 4) is 11.1 Å². The summed E-state index contributed by atoms with van der Waals surface area (Å²) in [5, 5.41) is 6.40. The smallest absolute Gasteiger partial charge is 0.152 e. The Labute approximate surface area is 165 Å². The van der Waals surface area contributed by atoms with Crippen LogP contribution in [0.3, 0.4) is 0 Å². The quantitative estimate of drug-likeness (QED) is 0.683. The van der Waals surface area contributed by atoms with E-state index in [2.05, 4.69) is 47.0 Å². The molecule has 1 aliphatic rings. The van der Waals surface area contributed by atoms with Gasteiger partial charge in [-0.05, 0) is 36.9 Å². The number of nitrogens with zero attached hydrogens (tertiary/aromatic N) is 4. The summed E-state index contributed by atoms with van der Waals surface area (Å²) in [6.07, 6.45) is 6.40. The minimum Gasteiger partial charge on any atom is -0.373 e. The minimum absolute atomic E-state index is 0.168. The van der Waals surface area contributed by atoms with Gasteiger partial charge in [-0.25, -0.2) is 0 Å². The van der Waals surface area contributed by atoms with Gasteiger partial charge in [0, 0.05) is 49.2 Å². The first-order valence-corrected chi connectivity index (χ1v) is 9.73. The Hall–Kier alpha value is -2.57. The molecule has 1 aromatic carbocycles. The molecule has 0 unspecified atom stereocenters. The number of ketones is 1. The average Bonchev–Trinajstić information content (AvgIpc) is 3.06. The fraction of sp³-hybridized carbons (Fsp3) is 0.409. The summed E-state index contributed by atoms with van der Waals surface area (Å²) < 4.78 is 7.54. The van der Waals surface area contributed by atoms with E-state index in [0.717, 1.165) is 40.7 Å². The van der Waals surface area contributed by atoms with Crippen LogP contribution in [-0.2, 0) is 23.0 Å². The van der Waals surface area contributed by atoms with Crippen molar-refractivity contribution in [1.29, 1.82) is 0 Å². The van der Waals surface area contributed by atoms with Crippen LogP contribution in [0.15, 0.2) is 42.9 Å². The van der Waals surface area contributed by atoms with Crippen molar-refractivity contribution in [1.82, 2.24) is 19.7 Å². The van der Waals surface area contributed by atoms with E-state index < -0.39 is 0 Å². The van der Waals surface area contributed by atoms with Gasteiger partial charge >= 0.3 is 0 Å². The topological polar surface area (TPSA) is 60.2 Å². The van der Waals surface area contributed by atoms with Gasteiger partial charge in [-0.2, -0.15) is 5.10 Å². The third kappa shape index (κ3) is 4.29. The number of hydrogen-bond donors (Lipinski definition) is 0. The Balaban J connectivity index is 1.48. The molecule has 0 saturated carbocycles. The summed E-state index contributed by atoms with van der Waals surface area (Å²) in [6, 6.07) is 8.30. The van der Waals surface area contributed by atoms with Crippen LogP contribution in [0.4, 0.5) is 0 Å². The lowest BCUT2D eigenvalue weighted by Crippen LogP contribution is -2.47. The fourth-order valence-electron chi connectivity index (χ4n) is 3.95. The van der Waals surface area contributed by atoms with E-state index >= 15 is 0 Å². The van der Waals surface area contributed by atoms with Crippen molar-refractivity contribution >= 4 is 16.6 Å². The third-order valence-corrected chi connectivity index (χ3v) is 5.09. The second-order valence-corrected chi connectivity index (χ2v) is 7.81. The van der Waals surface area contributed by atoms with Gasteiger partial charge in [-0.3, -0.25) is 19.4 Å². The van der Waals surface area contributed by atoms with Gasteiger partial charge in [-0.15, -0.1) is 0 Å². The van der Waals surface area contributed by atoms with Gasteiger partial charge in [0.15, 0.2) is 5.78 Å². The van der Waals surface area contributed by atoms with Gasteiger partial charge in [0.1, 0.15) is 0 Å². The average molecular weight is 378 g/mol. The van der Waals surface area contributed by atoms with Crippen LogP contribution in [0, 0.1) is 0 Å². The minimum atomic E-state index is 0.168. The van der Waals surface area contributed by atoms with Crippen LogP contribution >= 0.6 is 0 Å². The zero-order valence-corrected chi connectivity index (χ0v) is 16.6. The van der Waals surface area contributed by atoms with Crippen molar-refractivity contribution < 1.29 is 9.53 Å². The summed E-state index contributed by atoms with van der Waals surface area (Å²) in [6.45, 7) is 6.16. The van der Waals surface area contributed by atoms with Crippen molar-refractivity contribution in [2.75, 3.05) is 19.6 Å². The number of carbonyl (C=O) groups excluding carboxylic acids is 1. The molecular formula is C22H26N4O2. The lowest BCUT2D eigenvalue weighted by atomic mass is 10.0. The number of pyridine rings is 1. The Morgan fingerprint density at radius 1 is 1.11 bits per heavy atom. The van der Waals surface area contributed by atoms with E-state index in [1.54, 1.807) is 4.68 Å². The van der Waals surface area contributed by atoms with Crippen molar-refractivity contribution in [2.45, 2.75) is 32.5 Å². The molecule has 3 aromatic rings. The van der Waals surface area contributed by atoms with Crippen LogP contribution in [0.5, 0.6) is 0 Å². The Bertz CT molecular complexity index is 987. The standard InChI is InChI=1S/C22H26N4O2/c1-15-11-26(12-16(2)28-15)14-22(27)8-21-7-19-6-17(4-5-18(19)9-23-21)20-10-24-25(3)13-20/h4-7,9-10,13,15-16H,8,11-12,14H2,1-3H3/t15-,16+. The van der Waals surface area contributed by atoms with Crippen molar-refractivity contribution in [3.63, 3.8) is 0 Å². The summed E-state index contributed by atoms with van der Waals surface area (Å²) >= 11 is 0. The molecule has 3 heterocycles. The van der Waals surface area contributed by atoms with Gasteiger partial charge in [0.25, 0.3) is 0 Å². The molecule has 146 valence electrons. The molecule has 1 fully saturated rings. The number of carbonyl (C=O) groups is 1. The van der Waals surface area contributed by atoms with Gasteiger partial charge < -0.3 is 4.74 Å². The van der Waals surface area contributed by atoms with E-state index in [9.17, 15) is 4.79 Å². The zero-order chi connectivity index (χ0) is 19.7. The zero-order valence-electron chi connectivity index (χ0n) is 16.6. The van der Waals surface area contributed by atoms with Crippen molar-refractivity contribution in [2.24, 2.45) is 7.05 Å². The van der Waals surface area contributed by atoms with Crippen LogP contribution in [0.2, 0.25) is 0 Å². The molecule has 0 bridgehead atoms. The molecule has 0 spiro atoms. The highest BCUT2D eigenvalue weighted by Crippen LogP contribution is 2.24. The Morgan fingerprint density at radius 3 is 2.61 bits per heavy atom. The maximum absolute atomic E-state index is 12.6. The lowest BCUT2D eigenvalue weighted by Gasteiger charge is -2.34. The molecule has 6 heteroatoms. The molecule has 2 aromatic heterocycles. The molecular weight excluding hydrogens is 352 g/mol. The predicted octanol–water partition coefficient (Wildman–Crippen LogP) is 2.86. The first kappa shape index (κ1) is 18.8. The normalized spacial score (nSPS) is 20.5. The number of aryl methyl sites for hydroxylation is 1. The number of Topliss-reactive ketones (excluding diaryl/α,β-unsaturated/α-hetero) is 1. The number of fused-ring (bicyclic) bond motifs is 1. The molecule has 0 aliphatic carbocycles. The first-order chi connectivity index (χ1) is 13.5. The van der Waals surface area contributed by atoms with Crippen LogP contribution in [0.1, 0.15) is 19.5 Å². The van der Waals surface area contributed by atoms with Gasteiger partial charge in [0.05, 0.1) is 31.4 Å². The molecule has 1 aliphatic heterocycles. The van der Waals surface area contributed by atoms with Crippen molar-refractivity contribution in [3.05, 3.63) is 48.5 Å². The number of aromatic nitrogens is 3. The first-order valence-electron chi connectivity index (χ1n) is 9.73. The molecule has 2 atom stereocenters. The predicted molar refractivity (Wildman–Crippen MR) is 109 cm³/mol. The van der Waals surface area contributed by atoms with E-state index in [1.165, 1.54) is 0 Å². The largest absolute Gasteiger partial charge is 0.373 e. The number of hydrogen-bond acceptors (Lipinski definition) is 5. The number of rotatable bonds is 5. The van der Waals surface area contributed by atoms with Crippen LogP contribution < -0.4 is 0 Å². The molecule has 0 amide bonds. The third-order valence-electron chi connectivity index (χ3n) is 5.09. The fourth-order valence-corrected chi connectivity index (χ4v) is 3.95. The van der Waals surface area contributed by atoms with Crippen LogP contribution in [0.25, 0.3) is 21.9 Å². The molecule has 4 rings (SSSR count). The van der Waals surface area contributed by atoms with E-state index in [0.29, 0.717) is 13.0 Å². The highest BCUT2D eigenvalue weighted by Gasteiger charge is 2.23. The van der Waals surface area contributed by atoms with E-state index in [-0.39, 0.29) is 18.0 Å². The maximum atomic E-state index is 12.6. The van der Waals surface area contributed by atoms with Gasteiger partial charge in [0.2, 0.25) is 0 Å². The second kappa shape index (κ2) is 7.81.